The third-order valence-corrected chi connectivity index (χ3v) is 3.83. The van der Waals surface area contributed by atoms with E-state index >= 15 is 0 Å². The van der Waals surface area contributed by atoms with Crippen LogP contribution >= 0.6 is 11.3 Å². The minimum absolute atomic E-state index is 0.0545. The van der Waals surface area contributed by atoms with Crippen LogP contribution in [0.3, 0.4) is 0 Å². The van der Waals surface area contributed by atoms with Gasteiger partial charge in [-0.2, -0.15) is 11.3 Å². The predicted octanol–water partition coefficient (Wildman–Crippen LogP) is 2.24. The first-order chi connectivity index (χ1) is 10.8. The molecule has 1 heterocycles. The van der Waals surface area contributed by atoms with Gasteiger partial charge in [0.1, 0.15) is 11.9 Å². The smallest absolute Gasteiger partial charge is 0.255 e. The average molecular weight is 321 g/mol. The van der Waals surface area contributed by atoms with E-state index in [1.807, 2.05) is 22.9 Å². The summed E-state index contributed by atoms with van der Waals surface area (Å²) in [6.45, 7) is 0.500. The second-order valence-electron chi connectivity index (χ2n) is 4.55. The van der Waals surface area contributed by atoms with Crippen molar-refractivity contribution in [3.63, 3.8) is 0 Å². The van der Waals surface area contributed by atoms with Crippen LogP contribution in [0.15, 0.2) is 41.1 Å². The summed E-state index contributed by atoms with van der Waals surface area (Å²) in [5.41, 5.74) is 1.47. The number of aliphatic hydroxyl groups excluding tert-OH is 1. The number of methoxy groups -OCH3 is 1. The van der Waals surface area contributed by atoms with Crippen molar-refractivity contribution in [1.29, 1.82) is 0 Å². The Morgan fingerprint density at radius 2 is 2.18 bits per heavy atom. The molecule has 2 N–H and O–H groups in total. The fourth-order valence-corrected chi connectivity index (χ4v) is 2.74. The lowest BCUT2D eigenvalue weighted by Crippen LogP contribution is -2.30. The minimum Gasteiger partial charge on any atom is -0.496 e. The Hall–Kier alpha value is -1.89. The summed E-state index contributed by atoms with van der Waals surface area (Å²) < 4.78 is 10.8. The lowest BCUT2D eigenvalue weighted by atomic mass is 10.1. The minimum atomic E-state index is -0.281. The molecule has 6 heteroatoms. The highest BCUT2D eigenvalue weighted by Crippen LogP contribution is 2.21. The van der Waals surface area contributed by atoms with Gasteiger partial charge in [-0.3, -0.25) is 4.79 Å². The Morgan fingerprint density at radius 3 is 2.86 bits per heavy atom. The van der Waals surface area contributed by atoms with E-state index in [0.717, 1.165) is 5.56 Å². The molecule has 0 aliphatic rings. The number of aliphatic hydroxyl groups is 1. The molecule has 2 aromatic rings. The van der Waals surface area contributed by atoms with Crippen molar-refractivity contribution in [1.82, 2.24) is 5.32 Å². The van der Waals surface area contributed by atoms with Gasteiger partial charge in [0.05, 0.1) is 25.9 Å². The molecule has 1 aromatic carbocycles. The molecule has 0 fully saturated rings. The summed E-state index contributed by atoms with van der Waals surface area (Å²) >= 11 is 1.56. The van der Waals surface area contributed by atoms with Crippen molar-refractivity contribution in [2.75, 3.05) is 26.9 Å². The monoisotopic (exact) mass is 321 g/mol. The summed E-state index contributed by atoms with van der Waals surface area (Å²) in [6, 6.07) is 9.00. The zero-order valence-electron chi connectivity index (χ0n) is 12.3. The normalized spacial score (nSPS) is 11.9. The van der Waals surface area contributed by atoms with Gasteiger partial charge in [-0.05, 0) is 34.5 Å². The van der Waals surface area contributed by atoms with Crippen LogP contribution in [-0.2, 0) is 4.74 Å². The van der Waals surface area contributed by atoms with Gasteiger partial charge >= 0.3 is 0 Å². The zero-order chi connectivity index (χ0) is 15.8. The van der Waals surface area contributed by atoms with Crippen LogP contribution in [0.4, 0.5) is 0 Å². The quantitative estimate of drug-likeness (QED) is 0.782. The molecule has 1 amide bonds. The van der Waals surface area contributed by atoms with E-state index < -0.39 is 0 Å². The number of hydrogen-bond acceptors (Lipinski definition) is 5. The van der Waals surface area contributed by atoms with Gasteiger partial charge in [0.2, 0.25) is 0 Å². The number of carbonyl (C=O) groups is 1. The number of para-hydroxylation sites is 1. The fraction of sp³-hybridized carbons (Fsp3) is 0.312. The van der Waals surface area contributed by atoms with E-state index in [4.69, 9.17) is 14.6 Å². The molecule has 0 aliphatic heterocycles. The standard InChI is InChI=1S/C16H19NO4S/c1-20-14-5-3-2-4-13(14)16(19)17-10-15(21-8-7-18)12-6-9-22-11-12/h2-6,9,11,15,18H,7-8,10H2,1H3,(H,17,19). The highest BCUT2D eigenvalue weighted by atomic mass is 32.1. The number of nitrogens with one attached hydrogen (secondary N) is 1. The molecule has 0 bridgehead atoms. The third-order valence-electron chi connectivity index (χ3n) is 3.12. The van der Waals surface area contributed by atoms with E-state index in [0.29, 0.717) is 17.9 Å². The van der Waals surface area contributed by atoms with Gasteiger partial charge in [0, 0.05) is 6.54 Å². The molecule has 0 saturated heterocycles. The predicted molar refractivity (Wildman–Crippen MR) is 85.4 cm³/mol. The Kier molecular flexibility index (Phi) is 6.39. The molecule has 5 nitrogen and oxygen atoms in total. The molecule has 0 saturated carbocycles. The average Bonchev–Trinajstić information content (AvgIpc) is 3.09. The Bertz CT molecular complexity index is 586. The maximum atomic E-state index is 12.3. The topological polar surface area (TPSA) is 67.8 Å². The highest BCUT2D eigenvalue weighted by molar-refractivity contribution is 7.07. The lowest BCUT2D eigenvalue weighted by molar-refractivity contribution is 0.0279. The zero-order valence-corrected chi connectivity index (χ0v) is 13.1. The van der Waals surface area contributed by atoms with Crippen molar-refractivity contribution in [2.24, 2.45) is 0 Å². The van der Waals surface area contributed by atoms with E-state index in [-0.39, 0.29) is 25.2 Å². The summed E-state index contributed by atoms with van der Waals surface area (Å²) in [5, 5.41) is 15.7. The Morgan fingerprint density at radius 1 is 1.36 bits per heavy atom. The molecule has 1 aromatic heterocycles. The maximum absolute atomic E-state index is 12.3. The van der Waals surface area contributed by atoms with Gasteiger partial charge in [0.25, 0.3) is 5.91 Å². The third kappa shape index (κ3) is 4.30. The molecule has 22 heavy (non-hydrogen) atoms. The number of thiophene rings is 1. The number of hydrogen-bond donors (Lipinski definition) is 2. The largest absolute Gasteiger partial charge is 0.496 e. The second-order valence-corrected chi connectivity index (χ2v) is 5.33. The number of ether oxygens (including phenoxy) is 2. The van der Waals surface area contributed by atoms with Crippen LogP contribution in [0.5, 0.6) is 5.75 Å². The van der Waals surface area contributed by atoms with Crippen LogP contribution in [0, 0.1) is 0 Å². The highest BCUT2D eigenvalue weighted by Gasteiger charge is 2.16. The van der Waals surface area contributed by atoms with Crippen molar-refractivity contribution < 1.29 is 19.4 Å². The van der Waals surface area contributed by atoms with Crippen LogP contribution in [-0.4, -0.2) is 37.9 Å². The summed E-state index contributed by atoms with van der Waals surface area (Å²) in [5.74, 6) is 0.314. The van der Waals surface area contributed by atoms with Gasteiger partial charge in [-0.15, -0.1) is 0 Å². The molecular weight excluding hydrogens is 302 g/mol. The molecule has 118 valence electrons. The van der Waals surface area contributed by atoms with Crippen LogP contribution in [0.2, 0.25) is 0 Å². The van der Waals surface area contributed by atoms with Crippen molar-refractivity contribution in [2.45, 2.75) is 6.10 Å². The number of benzene rings is 1. The van der Waals surface area contributed by atoms with Crippen LogP contribution in [0.25, 0.3) is 0 Å². The Labute approximate surface area is 133 Å². The number of rotatable bonds is 8. The molecule has 2 rings (SSSR count). The molecule has 1 unspecified atom stereocenters. The van der Waals surface area contributed by atoms with Gasteiger partial charge < -0.3 is 19.9 Å². The van der Waals surface area contributed by atoms with E-state index in [2.05, 4.69) is 5.32 Å². The maximum Gasteiger partial charge on any atom is 0.255 e. The van der Waals surface area contributed by atoms with E-state index in [1.54, 1.807) is 29.5 Å². The molecular formula is C16H19NO4S. The molecule has 0 radical (unpaired) electrons. The molecule has 1 atom stereocenters. The van der Waals surface area contributed by atoms with E-state index in [9.17, 15) is 4.79 Å². The van der Waals surface area contributed by atoms with Crippen LogP contribution < -0.4 is 10.1 Å². The first kappa shape index (κ1) is 16.5. The molecule has 0 aliphatic carbocycles. The van der Waals surface area contributed by atoms with Gasteiger partial charge in [-0.25, -0.2) is 0 Å². The second kappa shape index (κ2) is 8.53. The van der Waals surface area contributed by atoms with Crippen molar-refractivity contribution >= 4 is 17.2 Å². The lowest BCUT2D eigenvalue weighted by Gasteiger charge is -2.17. The Balaban J connectivity index is 2.01. The fourth-order valence-electron chi connectivity index (χ4n) is 2.04. The van der Waals surface area contributed by atoms with Crippen molar-refractivity contribution in [3.05, 3.63) is 52.2 Å². The van der Waals surface area contributed by atoms with Gasteiger partial charge in [-0.1, -0.05) is 12.1 Å². The van der Waals surface area contributed by atoms with E-state index in [1.165, 1.54) is 7.11 Å². The first-order valence-corrected chi connectivity index (χ1v) is 7.86. The van der Waals surface area contributed by atoms with Gasteiger partial charge in [0.15, 0.2) is 0 Å². The first-order valence-electron chi connectivity index (χ1n) is 6.92. The van der Waals surface area contributed by atoms with Crippen molar-refractivity contribution in [3.8, 4) is 5.75 Å². The van der Waals surface area contributed by atoms with Crippen LogP contribution in [0.1, 0.15) is 22.0 Å². The molecule has 0 spiro atoms. The number of amides is 1. The summed E-state index contributed by atoms with van der Waals surface area (Å²) in [7, 11) is 1.53. The SMILES string of the molecule is COc1ccccc1C(=O)NCC(OCCO)c1ccsc1. The summed E-state index contributed by atoms with van der Waals surface area (Å²) in [4.78, 5) is 12.3. The number of carbonyl (C=O) groups excluding carboxylic acids is 1. The summed E-state index contributed by atoms with van der Waals surface area (Å²) in [6.07, 6.45) is -0.281.